The molecule has 3 heterocycles. The maximum atomic E-state index is 9.65. The molecule has 22 heavy (non-hydrogen) atoms. The number of benzene rings is 1. The molecule has 0 bridgehead atoms. The van der Waals surface area contributed by atoms with Crippen molar-refractivity contribution in [1.29, 1.82) is 0 Å². The van der Waals surface area contributed by atoms with Crippen molar-refractivity contribution >= 4 is 11.4 Å². The molecule has 3 N–H and O–H groups in total. The van der Waals surface area contributed by atoms with Crippen molar-refractivity contribution in [1.82, 2.24) is 4.90 Å². The van der Waals surface area contributed by atoms with Crippen molar-refractivity contribution in [2.24, 2.45) is 0 Å². The summed E-state index contributed by atoms with van der Waals surface area (Å²) in [5.74, 6) is 0.988. The van der Waals surface area contributed by atoms with Crippen molar-refractivity contribution < 1.29 is 20.2 Å². The Balaban J connectivity index is 1.65. The van der Waals surface area contributed by atoms with Gasteiger partial charge in [0, 0.05) is 56.7 Å². The average Bonchev–Trinajstić information content (AvgIpc) is 3.08. The molecule has 2 saturated heterocycles. The van der Waals surface area contributed by atoms with E-state index in [9.17, 15) is 5.21 Å². The van der Waals surface area contributed by atoms with E-state index < -0.39 is 0 Å². The highest BCUT2D eigenvalue weighted by atomic mass is 16.5. The lowest BCUT2D eigenvalue weighted by Gasteiger charge is -2.29. The zero-order chi connectivity index (χ0) is 15.2. The van der Waals surface area contributed by atoms with Crippen LogP contribution in [0.5, 0.6) is 5.75 Å². The van der Waals surface area contributed by atoms with Gasteiger partial charge in [-0.1, -0.05) is 0 Å². The van der Waals surface area contributed by atoms with Crippen LogP contribution in [0.1, 0.15) is 12.0 Å². The monoisotopic (exact) mass is 306 g/mol. The molecular formula is C16H24N3O3+. The molecular weight excluding hydrogens is 282 g/mol. The van der Waals surface area contributed by atoms with Gasteiger partial charge < -0.3 is 19.3 Å². The van der Waals surface area contributed by atoms with E-state index in [1.807, 2.05) is 0 Å². The summed E-state index contributed by atoms with van der Waals surface area (Å²) in [4.78, 5) is 4.59. The maximum absolute atomic E-state index is 9.65. The van der Waals surface area contributed by atoms with Gasteiger partial charge in [0.05, 0.1) is 13.2 Å². The first-order chi connectivity index (χ1) is 10.7. The average molecular weight is 306 g/mol. The van der Waals surface area contributed by atoms with Gasteiger partial charge in [0.15, 0.2) is 5.69 Å². The molecule has 6 heteroatoms. The summed E-state index contributed by atoms with van der Waals surface area (Å²) < 4.78 is 11.8. The molecule has 0 aliphatic carbocycles. The van der Waals surface area contributed by atoms with Gasteiger partial charge in [-0.15, -0.1) is 0 Å². The SMILES string of the molecule is CN1CCC2(Cc3cc([NH2+]O)c(N4CCOCC4)cc3O2)C1. The van der Waals surface area contributed by atoms with Gasteiger partial charge in [0.1, 0.15) is 17.0 Å². The van der Waals surface area contributed by atoms with Crippen LogP contribution in [0, 0.1) is 0 Å². The topological polar surface area (TPSA) is 61.8 Å². The van der Waals surface area contributed by atoms with Gasteiger partial charge in [-0.2, -0.15) is 5.48 Å². The first-order valence-electron chi connectivity index (χ1n) is 8.04. The Bertz CT molecular complexity index is 574. The van der Waals surface area contributed by atoms with Crippen LogP contribution in [0.2, 0.25) is 0 Å². The van der Waals surface area contributed by atoms with Gasteiger partial charge in [-0.3, -0.25) is 0 Å². The van der Waals surface area contributed by atoms with Crippen molar-refractivity contribution in [2.75, 3.05) is 51.3 Å². The summed E-state index contributed by atoms with van der Waals surface area (Å²) >= 11 is 0. The standard InChI is InChI=1S/C16H23N3O3/c1-18-3-2-16(11-18)10-12-8-13(17-20)14(9-15(12)22-16)19-4-6-21-7-5-19/h8-9,17,20H,2-7,10-11H2,1H3/p+1. The normalized spacial score (nSPS) is 28.2. The lowest BCUT2D eigenvalue weighted by molar-refractivity contribution is -0.825. The number of fused-ring (bicyclic) bond motifs is 1. The second-order valence-corrected chi connectivity index (χ2v) is 6.70. The van der Waals surface area contributed by atoms with E-state index in [-0.39, 0.29) is 5.60 Å². The minimum Gasteiger partial charge on any atom is -0.485 e. The Hall–Kier alpha value is -1.34. The van der Waals surface area contributed by atoms with E-state index in [0.29, 0.717) is 0 Å². The smallest absolute Gasteiger partial charge is 0.185 e. The number of rotatable bonds is 2. The van der Waals surface area contributed by atoms with Crippen LogP contribution < -0.4 is 15.1 Å². The zero-order valence-corrected chi connectivity index (χ0v) is 13.0. The summed E-state index contributed by atoms with van der Waals surface area (Å²) in [6, 6.07) is 4.20. The van der Waals surface area contributed by atoms with Gasteiger partial charge in [-0.05, 0) is 7.05 Å². The first kappa shape index (κ1) is 14.3. The molecule has 0 saturated carbocycles. The molecule has 120 valence electrons. The van der Waals surface area contributed by atoms with Gasteiger partial charge in [-0.25, -0.2) is 5.21 Å². The van der Waals surface area contributed by atoms with E-state index in [4.69, 9.17) is 9.47 Å². The van der Waals surface area contributed by atoms with Gasteiger partial charge in [0.25, 0.3) is 0 Å². The van der Waals surface area contributed by atoms with Crippen LogP contribution in [0.4, 0.5) is 11.4 Å². The predicted molar refractivity (Wildman–Crippen MR) is 82.0 cm³/mol. The Kier molecular flexibility index (Phi) is 3.49. The van der Waals surface area contributed by atoms with Crippen molar-refractivity contribution in [3.8, 4) is 5.75 Å². The van der Waals surface area contributed by atoms with Crippen molar-refractivity contribution in [3.05, 3.63) is 17.7 Å². The molecule has 1 aromatic carbocycles. The molecule has 1 aromatic rings. The lowest BCUT2D eigenvalue weighted by Crippen LogP contribution is -2.74. The lowest BCUT2D eigenvalue weighted by atomic mass is 9.96. The molecule has 3 aliphatic rings. The highest BCUT2D eigenvalue weighted by Gasteiger charge is 2.44. The third kappa shape index (κ3) is 2.36. The molecule has 6 nitrogen and oxygen atoms in total. The molecule has 1 unspecified atom stereocenters. The molecule has 1 spiro atoms. The molecule has 1 atom stereocenters. The number of hydrogen-bond donors (Lipinski definition) is 2. The van der Waals surface area contributed by atoms with E-state index in [1.165, 1.54) is 11.0 Å². The molecule has 0 amide bonds. The fraction of sp³-hybridized carbons (Fsp3) is 0.625. The second-order valence-electron chi connectivity index (χ2n) is 6.70. The summed E-state index contributed by atoms with van der Waals surface area (Å²) in [6.45, 7) is 5.24. The summed E-state index contributed by atoms with van der Waals surface area (Å²) in [7, 11) is 2.15. The Labute approximate surface area is 130 Å². The minimum atomic E-state index is -0.0621. The summed E-state index contributed by atoms with van der Waals surface area (Å²) in [5, 5.41) is 9.65. The van der Waals surface area contributed by atoms with Gasteiger partial charge >= 0.3 is 0 Å². The number of hydrogen-bond acceptors (Lipinski definition) is 5. The zero-order valence-electron chi connectivity index (χ0n) is 13.0. The number of likely N-dealkylation sites (N-methyl/N-ethyl adjacent to an activating group) is 1. The number of anilines is 1. The van der Waals surface area contributed by atoms with Crippen LogP contribution in [-0.4, -0.2) is 62.1 Å². The maximum Gasteiger partial charge on any atom is 0.185 e. The van der Waals surface area contributed by atoms with Crippen LogP contribution in [-0.2, 0) is 11.2 Å². The Morgan fingerprint density at radius 2 is 2.05 bits per heavy atom. The highest BCUT2D eigenvalue weighted by Crippen LogP contribution is 2.43. The Morgan fingerprint density at radius 1 is 1.23 bits per heavy atom. The third-order valence-corrected chi connectivity index (χ3v) is 5.05. The number of morpholine rings is 1. The molecule has 0 radical (unpaired) electrons. The highest BCUT2D eigenvalue weighted by molar-refractivity contribution is 5.68. The van der Waals surface area contributed by atoms with Crippen molar-refractivity contribution in [2.45, 2.75) is 18.4 Å². The third-order valence-electron chi connectivity index (χ3n) is 5.05. The van der Waals surface area contributed by atoms with E-state index in [2.05, 4.69) is 29.0 Å². The fourth-order valence-corrected chi connectivity index (χ4v) is 3.94. The molecule has 3 aliphatic heterocycles. The summed E-state index contributed by atoms with van der Waals surface area (Å²) in [5.41, 5.74) is 4.30. The Morgan fingerprint density at radius 3 is 2.73 bits per heavy atom. The van der Waals surface area contributed by atoms with Crippen LogP contribution in [0.15, 0.2) is 12.1 Å². The van der Waals surface area contributed by atoms with Crippen LogP contribution >= 0.6 is 0 Å². The van der Waals surface area contributed by atoms with Crippen LogP contribution in [0.3, 0.4) is 0 Å². The first-order valence-corrected chi connectivity index (χ1v) is 8.04. The molecule has 2 fully saturated rings. The predicted octanol–water partition coefficient (Wildman–Crippen LogP) is 0.117. The number of nitrogens with two attached hydrogens (primary N) is 1. The quantitative estimate of drug-likeness (QED) is 0.600. The molecule has 4 rings (SSSR count). The van der Waals surface area contributed by atoms with E-state index in [1.54, 1.807) is 0 Å². The fourth-order valence-electron chi connectivity index (χ4n) is 3.94. The minimum absolute atomic E-state index is 0.0621. The van der Waals surface area contributed by atoms with E-state index >= 15 is 0 Å². The molecule has 0 aromatic heterocycles. The number of nitrogens with zero attached hydrogens (tertiary/aromatic N) is 2. The largest absolute Gasteiger partial charge is 0.485 e. The number of ether oxygens (including phenoxy) is 2. The number of likely N-dealkylation sites (tertiary alicyclic amines) is 1. The summed E-state index contributed by atoms with van der Waals surface area (Å²) in [6.07, 6.45) is 2.01. The number of quaternary nitrogens is 1. The van der Waals surface area contributed by atoms with Crippen LogP contribution in [0.25, 0.3) is 0 Å². The van der Waals surface area contributed by atoms with E-state index in [0.717, 1.165) is 69.4 Å². The second kappa shape index (κ2) is 5.38. The van der Waals surface area contributed by atoms with Crippen molar-refractivity contribution in [3.63, 3.8) is 0 Å². The van der Waals surface area contributed by atoms with Gasteiger partial charge in [0.2, 0.25) is 0 Å².